The lowest BCUT2D eigenvalue weighted by atomic mass is 10.1. The lowest BCUT2D eigenvalue weighted by Gasteiger charge is -2.30. The number of nitrogens with zero attached hydrogens (tertiary/aromatic N) is 2. The average molecular weight is 321 g/mol. The first-order valence-electron chi connectivity index (χ1n) is 7.92. The van der Waals surface area contributed by atoms with E-state index in [9.17, 15) is 14.0 Å². The standard InChI is InChI=1S/C17H24FN3O2/c1-12(14-6-4-5-7-15(14)18)21(13-8-9-13)17(23)19-11-10-16(22)20(2)3/h4-7,12-13H,8-11H2,1-3H3,(H,19,23). The lowest BCUT2D eigenvalue weighted by Crippen LogP contribution is -2.44. The molecule has 0 heterocycles. The van der Waals surface area contributed by atoms with Gasteiger partial charge in [0.1, 0.15) is 5.82 Å². The molecule has 3 amide bonds. The molecule has 0 saturated heterocycles. The number of hydrogen-bond donors (Lipinski definition) is 1. The highest BCUT2D eigenvalue weighted by Gasteiger charge is 2.36. The van der Waals surface area contributed by atoms with Crippen LogP contribution in [-0.4, -0.2) is 48.4 Å². The van der Waals surface area contributed by atoms with Crippen molar-refractivity contribution < 1.29 is 14.0 Å². The molecule has 2 rings (SSSR count). The van der Waals surface area contributed by atoms with Crippen LogP contribution in [0.2, 0.25) is 0 Å². The highest BCUT2D eigenvalue weighted by Crippen LogP contribution is 2.35. The number of carbonyl (C=O) groups excluding carboxylic acids is 2. The van der Waals surface area contributed by atoms with E-state index in [-0.39, 0.29) is 42.8 Å². The Kier molecular flexibility index (Phi) is 5.58. The topological polar surface area (TPSA) is 52.7 Å². The average Bonchev–Trinajstić information content (AvgIpc) is 3.32. The number of rotatable bonds is 6. The zero-order valence-electron chi connectivity index (χ0n) is 13.9. The van der Waals surface area contributed by atoms with Crippen LogP contribution in [0, 0.1) is 5.82 Å². The number of carbonyl (C=O) groups is 2. The fourth-order valence-corrected chi connectivity index (χ4v) is 2.57. The van der Waals surface area contributed by atoms with E-state index in [4.69, 9.17) is 0 Å². The van der Waals surface area contributed by atoms with Crippen molar-refractivity contribution in [2.45, 2.75) is 38.3 Å². The van der Waals surface area contributed by atoms with Crippen molar-refractivity contribution in [2.24, 2.45) is 0 Å². The first-order chi connectivity index (χ1) is 10.9. The van der Waals surface area contributed by atoms with Gasteiger partial charge in [-0.15, -0.1) is 0 Å². The molecule has 0 bridgehead atoms. The molecule has 1 fully saturated rings. The normalized spacial score (nSPS) is 15.0. The lowest BCUT2D eigenvalue weighted by molar-refractivity contribution is -0.128. The Labute approximate surface area is 136 Å². The fourth-order valence-electron chi connectivity index (χ4n) is 2.57. The van der Waals surface area contributed by atoms with E-state index >= 15 is 0 Å². The van der Waals surface area contributed by atoms with Gasteiger partial charge in [0.05, 0.1) is 6.04 Å². The van der Waals surface area contributed by atoms with Crippen molar-refractivity contribution >= 4 is 11.9 Å². The van der Waals surface area contributed by atoms with Gasteiger partial charge < -0.3 is 15.1 Å². The Morgan fingerprint density at radius 1 is 1.30 bits per heavy atom. The summed E-state index contributed by atoms with van der Waals surface area (Å²) in [5, 5.41) is 2.78. The van der Waals surface area contributed by atoms with E-state index in [1.807, 2.05) is 6.92 Å². The number of nitrogens with one attached hydrogen (secondary N) is 1. The molecule has 5 nitrogen and oxygen atoms in total. The third kappa shape index (κ3) is 4.43. The largest absolute Gasteiger partial charge is 0.349 e. The van der Waals surface area contributed by atoms with Crippen LogP contribution in [-0.2, 0) is 4.79 Å². The van der Waals surface area contributed by atoms with E-state index in [1.54, 1.807) is 37.2 Å². The van der Waals surface area contributed by atoms with Crippen LogP contribution in [0.15, 0.2) is 24.3 Å². The van der Waals surface area contributed by atoms with Crippen LogP contribution >= 0.6 is 0 Å². The van der Waals surface area contributed by atoms with Gasteiger partial charge in [0.25, 0.3) is 0 Å². The molecule has 126 valence electrons. The number of urea groups is 1. The van der Waals surface area contributed by atoms with Crippen molar-refractivity contribution in [1.29, 1.82) is 0 Å². The Morgan fingerprint density at radius 2 is 1.96 bits per heavy atom. The summed E-state index contributed by atoms with van der Waals surface area (Å²) < 4.78 is 14.0. The van der Waals surface area contributed by atoms with Crippen LogP contribution in [0.1, 0.15) is 37.8 Å². The van der Waals surface area contributed by atoms with Gasteiger partial charge in [0, 0.05) is 38.7 Å². The molecule has 1 N–H and O–H groups in total. The second-order valence-corrected chi connectivity index (χ2v) is 6.11. The van der Waals surface area contributed by atoms with Gasteiger partial charge >= 0.3 is 6.03 Å². The third-order valence-corrected chi connectivity index (χ3v) is 4.06. The molecule has 6 heteroatoms. The summed E-state index contributed by atoms with van der Waals surface area (Å²) in [7, 11) is 3.36. The highest BCUT2D eigenvalue weighted by molar-refractivity contribution is 5.78. The van der Waals surface area contributed by atoms with Gasteiger partial charge in [-0.2, -0.15) is 0 Å². The molecular formula is C17H24FN3O2. The van der Waals surface area contributed by atoms with E-state index in [1.165, 1.54) is 11.0 Å². The molecule has 1 aromatic rings. The number of benzene rings is 1. The maximum Gasteiger partial charge on any atom is 0.318 e. The van der Waals surface area contributed by atoms with Crippen molar-refractivity contribution in [1.82, 2.24) is 15.1 Å². The fraction of sp³-hybridized carbons (Fsp3) is 0.529. The Morgan fingerprint density at radius 3 is 2.52 bits per heavy atom. The zero-order valence-corrected chi connectivity index (χ0v) is 13.9. The summed E-state index contributed by atoms with van der Waals surface area (Å²) in [5.74, 6) is -0.341. The first kappa shape index (κ1) is 17.2. The van der Waals surface area contributed by atoms with E-state index < -0.39 is 0 Å². The van der Waals surface area contributed by atoms with Crippen molar-refractivity contribution in [3.05, 3.63) is 35.6 Å². The van der Waals surface area contributed by atoms with Gasteiger partial charge in [-0.05, 0) is 25.8 Å². The molecule has 1 aliphatic carbocycles. The van der Waals surface area contributed by atoms with Gasteiger partial charge in [0.15, 0.2) is 0 Å². The molecule has 1 atom stereocenters. The molecular weight excluding hydrogens is 297 g/mol. The van der Waals surface area contributed by atoms with Crippen molar-refractivity contribution in [2.75, 3.05) is 20.6 Å². The molecule has 1 unspecified atom stereocenters. The summed E-state index contributed by atoms with van der Waals surface area (Å²) in [5.41, 5.74) is 0.513. The number of hydrogen-bond acceptors (Lipinski definition) is 2. The quantitative estimate of drug-likeness (QED) is 0.875. The van der Waals surface area contributed by atoms with Gasteiger partial charge in [-0.1, -0.05) is 18.2 Å². The van der Waals surface area contributed by atoms with Gasteiger partial charge in [0.2, 0.25) is 5.91 Å². The van der Waals surface area contributed by atoms with Crippen LogP contribution in [0.4, 0.5) is 9.18 Å². The molecule has 0 aliphatic heterocycles. The minimum atomic E-state index is -0.340. The predicted octanol–water partition coefficient (Wildman–Crippen LogP) is 2.54. The molecule has 0 radical (unpaired) electrons. The van der Waals surface area contributed by atoms with Crippen LogP contribution in [0.25, 0.3) is 0 Å². The van der Waals surface area contributed by atoms with Crippen LogP contribution < -0.4 is 5.32 Å². The van der Waals surface area contributed by atoms with E-state index in [2.05, 4.69) is 5.32 Å². The first-order valence-corrected chi connectivity index (χ1v) is 7.92. The summed E-state index contributed by atoms with van der Waals surface area (Å²) in [4.78, 5) is 27.2. The number of amides is 3. The SMILES string of the molecule is CC(c1ccccc1F)N(C(=O)NCCC(=O)N(C)C)C1CC1. The van der Waals surface area contributed by atoms with Gasteiger partial charge in [-0.3, -0.25) is 4.79 Å². The van der Waals surface area contributed by atoms with Crippen LogP contribution in [0.3, 0.4) is 0 Å². The molecule has 0 spiro atoms. The zero-order chi connectivity index (χ0) is 17.0. The molecule has 1 saturated carbocycles. The van der Waals surface area contributed by atoms with E-state index in [0.29, 0.717) is 5.56 Å². The second kappa shape index (κ2) is 7.44. The maximum atomic E-state index is 14.0. The Balaban J connectivity index is 1.99. The monoisotopic (exact) mass is 321 g/mol. The summed E-state index contributed by atoms with van der Waals surface area (Å²) in [6.07, 6.45) is 2.12. The minimum Gasteiger partial charge on any atom is -0.349 e. The van der Waals surface area contributed by atoms with Crippen molar-refractivity contribution in [3.63, 3.8) is 0 Å². The number of halogens is 1. The maximum absolute atomic E-state index is 14.0. The molecule has 0 aromatic heterocycles. The second-order valence-electron chi connectivity index (χ2n) is 6.11. The Hall–Kier alpha value is -2.11. The minimum absolute atomic E-state index is 0.0366. The molecule has 1 aliphatic rings. The highest BCUT2D eigenvalue weighted by atomic mass is 19.1. The molecule has 23 heavy (non-hydrogen) atoms. The summed E-state index contributed by atoms with van der Waals surface area (Å²) in [6.45, 7) is 2.12. The summed E-state index contributed by atoms with van der Waals surface area (Å²) >= 11 is 0. The van der Waals surface area contributed by atoms with Crippen molar-refractivity contribution in [3.8, 4) is 0 Å². The summed E-state index contributed by atoms with van der Waals surface area (Å²) in [6, 6.07) is 6.09. The smallest absolute Gasteiger partial charge is 0.318 e. The van der Waals surface area contributed by atoms with E-state index in [0.717, 1.165) is 12.8 Å². The van der Waals surface area contributed by atoms with Crippen LogP contribution in [0.5, 0.6) is 0 Å². The predicted molar refractivity (Wildman–Crippen MR) is 86.4 cm³/mol. The van der Waals surface area contributed by atoms with Gasteiger partial charge in [-0.25, -0.2) is 9.18 Å². The third-order valence-electron chi connectivity index (χ3n) is 4.06. The Bertz CT molecular complexity index is 573. The molecule has 1 aromatic carbocycles.